The third-order valence-corrected chi connectivity index (χ3v) is 5.07. The summed E-state index contributed by atoms with van der Waals surface area (Å²) in [5.41, 5.74) is 4.03. The van der Waals surface area contributed by atoms with Crippen LogP contribution in [0.15, 0.2) is 45.3 Å². The number of rotatable bonds is 2. The number of alkyl halides is 1. The van der Waals surface area contributed by atoms with Gasteiger partial charge in [0, 0.05) is 21.7 Å². The van der Waals surface area contributed by atoms with Crippen molar-refractivity contribution in [1.29, 1.82) is 0 Å². The number of benzene rings is 2. The Morgan fingerprint density at radius 3 is 2.43 bits per heavy atom. The molecule has 1 amide bonds. The fraction of sp³-hybridized carbons (Fsp3) is 0.188. The monoisotopic (exact) mass is 427 g/mol. The molecule has 2 aromatic carbocycles. The molecule has 1 atom stereocenters. The quantitative estimate of drug-likeness (QED) is 0.611. The lowest BCUT2D eigenvalue weighted by Gasteiger charge is -2.14. The smallest absolute Gasteiger partial charge is 0.231 e. The van der Waals surface area contributed by atoms with Gasteiger partial charge >= 0.3 is 0 Å². The van der Waals surface area contributed by atoms with E-state index in [2.05, 4.69) is 31.9 Å². The summed E-state index contributed by atoms with van der Waals surface area (Å²) in [6.07, 6.45) is 0.450. The molecular weight excluding hydrogens is 417 g/mol. The van der Waals surface area contributed by atoms with Crippen LogP contribution in [-0.4, -0.2) is 13.0 Å². The van der Waals surface area contributed by atoms with Gasteiger partial charge in [-0.2, -0.15) is 0 Å². The lowest BCUT2D eigenvalue weighted by atomic mass is 10.0. The standard InChI is InChI=1S/C16H12Br2ClNO/c1-20-14-3-2-9(4-10(14)7-15(20)21)16(19)11-5-12(17)8-13(18)6-11/h2-6,8,16H,7H2,1H3. The zero-order valence-electron chi connectivity index (χ0n) is 11.2. The van der Waals surface area contributed by atoms with E-state index in [9.17, 15) is 4.79 Å². The van der Waals surface area contributed by atoms with Crippen LogP contribution in [0.5, 0.6) is 0 Å². The molecular formula is C16H12Br2ClNO. The van der Waals surface area contributed by atoms with E-state index in [1.807, 2.05) is 36.4 Å². The van der Waals surface area contributed by atoms with Crippen LogP contribution < -0.4 is 4.90 Å². The molecule has 5 heteroatoms. The third-order valence-electron chi connectivity index (χ3n) is 3.65. The van der Waals surface area contributed by atoms with Crippen LogP contribution in [0.4, 0.5) is 5.69 Å². The number of anilines is 1. The largest absolute Gasteiger partial charge is 0.315 e. The minimum Gasteiger partial charge on any atom is -0.315 e. The summed E-state index contributed by atoms with van der Waals surface area (Å²) in [5, 5.41) is -0.245. The number of carbonyl (C=O) groups is 1. The topological polar surface area (TPSA) is 20.3 Å². The number of amides is 1. The van der Waals surface area contributed by atoms with E-state index < -0.39 is 0 Å². The SMILES string of the molecule is CN1C(=O)Cc2cc(C(Cl)c3cc(Br)cc(Br)c3)ccc21. The Balaban J connectivity index is 1.98. The van der Waals surface area contributed by atoms with Crippen molar-refractivity contribution < 1.29 is 4.79 Å². The van der Waals surface area contributed by atoms with E-state index in [4.69, 9.17) is 11.6 Å². The molecule has 3 rings (SSSR count). The Labute approximate surface area is 145 Å². The van der Waals surface area contributed by atoms with Crippen LogP contribution in [0.2, 0.25) is 0 Å². The van der Waals surface area contributed by atoms with Crippen molar-refractivity contribution in [3.63, 3.8) is 0 Å². The van der Waals surface area contributed by atoms with Gasteiger partial charge in [0.25, 0.3) is 0 Å². The second-order valence-electron chi connectivity index (χ2n) is 5.08. The summed E-state index contributed by atoms with van der Waals surface area (Å²) in [5.74, 6) is 0.124. The van der Waals surface area contributed by atoms with Gasteiger partial charge in [0.2, 0.25) is 5.91 Å². The van der Waals surface area contributed by atoms with Crippen molar-refractivity contribution in [2.75, 3.05) is 11.9 Å². The van der Waals surface area contributed by atoms with Gasteiger partial charge in [0.15, 0.2) is 0 Å². The van der Waals surface area contributed by atoms with Crippen LogP contribution >= 0.6 is 43.5 Å². The summed E-state index contributed by atoms with van der Waals surface area (Å²) in [4.78, 5) is 13.4. The van der Waals surface area contributed by atoms with E-state index in [1.165, 1.54) is 0 Å². The van der Waals surface area contributed by atoms with E-state index in [0.29, 0.717) is 6.42 Å². The summed E-state index contributed by atoms with van der Waals surface area (Å²) in [6.45, 7) is 0. The number of likely N-dealkylation sites (N-methyl/N-ethyl adjacent to an activating group) is 1. The molecule has 0 aliphatic carbocycles. The molecule has 0 saturated heterocycles. The molecule has 1 aliphatic heterocycles. The van der Waals surface area contributed by atoms with E-state index in [0.717, 1.165) is 31.3 Å². The van der Waals surface area contributed by atoms with Gasteiger partial charge in [-0.25, -0.2) is 0 Å². The van der Waals surface area contributed by atoms with Gasteiger partial charge in [-0.3, -0.25) is 4.79 Å². The molecule has 108 valence electrons. The molecule has 2 nitrogen and oxygen atoms in total. The fourth-order valence-corrected chi connectivity index (χ4v) is 4.15. The number of hydrogen-bond donors (Lipinski definition) is 0. The van der Waals surface area contributed by atoms with Crippen molar-refractivity contribution >= 4 is 55.1 Å². The molecule has 0 fully saturated rings. The average Bonchev–Trinajstić information content (AvgIpc) is 2.71. The highest BCUT2D eigenvalue weighted by molar-refractivity contribution is 9.11. The molecule has 0 radical (unpaired) electrons. The number of carbonyl (C=O) groups excluding carboxylic acids is 1. The molecule has 1 heterocycles. The summed E-state index contributed by atoms with van der Waals surface area (Å²) in [7, 11) is 1.80. The molecule has 0 spiro atoms. The van der Waals surface area contributed by atoms with E-state index in [1.54, 1.807) is 11.9 Å². The first kappa shape index (κ1) is 15.1. The van der Waals surface area contributed by atoms with Gasteiger partial charge in [-0.05, 0) is 41.0 Å². The van der Waals surface area contributed by atoms with E-state index in [-0.39, 0.29) is 11.3 Å². The van der Waals surface area contributed by atoms with Gasteiger partial charge in [-0.15, -0.1) is 11.6 Å². The Kier molecular flexibility index (Phi) is 4.12. The molecule has 0 N–H and O–H groups in total. The van der Waals surface area contributed by atoms with Gasteiger partial charge in [0.1, 0.15) is 0 Å². The van der Waals surface area contributed by atoms with Crippen LogP contribution in [0.3, 0.4) is 0 Å². The lowest BCUT2D eigenvalue weighted by Crippen LogP contribution is -2.20. The van der Waals surface area contributed by atoms with Crippen molar-refractivity contribution in [3.05, 3.63) is 62.0 Å². The van der Waals surface area contributed by atoms with Crippen molar-refractivity contribution in [1.82, 2.24) is 0 Å². The molecule has 0 aromatic heterocycles. The second-order valence-corrected chi connectivity index (χ2v) is 7.35. The summed E-state index contributed by atoms with van der Waals surface area (Å²) < 4.78 is 1.96. The lowest BCUT2D eigenvalue weighted by molar-refractivity contribution is -0.117. The predicted molar refractivity (Wildman–Crippen MR) is 93.1 cm³/mol. The van der Waals surface area contributed by atoms with Crippen molar-refractivity contribution in [2.24, 2.45) is 0 Å². The third kappa shape index (κ3) is 2.89. The highest BCUT2D eigenvalue weighted by Gasteiger charge is 2.25. The Morgan fingerprint density at radius 2 is 1.76 bits per heavy atom. The second kappa shape index (κ2) is 5.75. The number of hydrogen-bond acceptors (Lipinski definition) is 1. The minimum atomic E-state index is -0.245. The zero-order valence-corrected chi connectivity index (χ0v) is 15.2. The van der Waals surface area contributed by atoms with Gasteiger partial charge < -0.3 is 4.90 Å². The molecule has 21 heavy (non-hydrogen) atoms. The normalized spacial score (nSPS) is 15.2. The Hall–Kier alpha value is -0.840. The van der Waals surface area contributed by atoms with Crippen LogP contribution in [0.25, 0.3) is 0 Å². The van der Waals surface area contributed by atoms with Crippen LogP contribution in [0, 0.1) is 0 Å². The predicted octanol–water partition coefficient (Wildman–Crippen LogP) is 5.06. The summed E-state index contributed by atoms with van der Waals surface area (Å²) in [6, 6.07) is 12.0. The molecule has 0 bridgehead atoms. The zero-order chi connectivity index (χ0) is 15.1. The highest BCUT2D eigenvalue weighted by Crippen LogP contribution is 2.36. The molecule has 0 saturated carbocycles. The van der Waals surface area contributed by atoms with Gasteiger partial charge in [-0.1, -0.05) is 44.0 Å². The first-order chi connectivity index (χ1) is 9.95. The average molecular weight is 430 g/mol. The maximum atomic E-state index is 11.8. The minimum absolute atomic E-state index is 0.124. The van der Waals surface area contributed by atoms with Crippen LogP contribution in [-0.2, 0) is 11.2 Å². The van der Waals surface area contributed by atoms with Crippen LogP contribution in [0.1, 0.15) is 22.1 Å². The van der Waals surface area contributed by atoms with Crippen molar-refractivity contribution in [2.45, 2.75) is 11.8 Å². The van der Waals surface area contributed by atoms with Crippen molar-refractivity contribution in [3.8, 4) is 0 Å². The molecule has 2 aromatic rings. The first-order valence-corrected chi connectivity index (χ1v) is 8.47. The van der Waals surface area contributed by atoms with E-state index >= 15 is 0 Å². The summed E-state index contributed by atoms with van der Waals surface area (Å²) >= 11 is 13.6. The number of halogens is 3. The highest BCUT2D eigenvalue weighted by atomic mass is 79.9. The molecule has 1 aliphatic rings. The Morgan fingerprint density at radius 1 is 1.10 bits per heavy atom. The maximum absolute atomic E-state index is 11.8. The maximum Gasteiger partial charge on any atom is 0.231 e. The first-order valence-electron chi connectivity index (χ1n) is 6.45. The fourth-order valence-electron chi connectivity index (χ4n) is 2.56. The Bertz CT molecular complexity index is 712. The number of nitrogens with zero attached hydrogens (tertiary/aromatic N) is 1. The van der Waals surface area contributed by atoms with Gasteiger partial charge in [0.05, 0.1) is 11.8 Å². The number of fused-ring (bicyclic) bond motifs is 1. The molecule has 1 unspecified atom stereocenters.